The summed E-state index contributed by atoms with van der Waals surface area (Å²) in [5.74, 6) is 0.678. The van der Waals surface area contributed by atoms with Crippen molar-refractivity contribution in [3.05, 3.63) is 94.5 Å². The molecule has 1 atom stereocenters. The zero-order valence-corrected chi connectivity index (χ0v) is 22.7. The minimum atomic E-state index is -4.00. The van der Waals surface area contributed by atoms with Crippen LogP contribution < -0.4 is 20.1 Å². The average molecular weight is 595 g/mol. The molecule has 0 radical (unpaired) electrons. The van der Waals surface area contributed by atoms with Gasteiger partial charge < -0.3 is 15.4 Å². The zero-order valence-electron chi connectivity index (χ0n) is 20.3. The molecule has 1 amide bonds. The quantitative estimate of drug-likeness (QED) is 0.278. The van der Waals surface area contributed by atoms with Crippen LogP contribution in [0.4, 0.5) is 17.6 Å². The van der Waals surface area contributed by atoms with E-state index in [1.54, 1.807) is 11.8 Å². The molecule has 5 rings (SSSR count). The number of sulfonamides is 1. The third kappa shape index (κ3) is 5.27. The summed E-state index contributed by atoms with van der Waals surface area (Å²) in [6.07, 6.45) is 1.99. The van der Waals surface area contributed by atoms with Crippen molar-refractivity contribution < 1.29 is 17.9 Å². The highest BCUT2D eigenvalue weighted by Gasteiger charge is 2.28. The van der Waals surface area contributed by atoms with Crippen LogP contribution >= 0.6 is 15.9 Å². The van der Waals surface area contributed by atoms with Gasteiger partial charge in [-0.2, -0.15) is 4.98 Å². The Balaban J connectivity index is 1.50. The van der Waals surface area contributed by atoms with Crippen LogP contribution in [0.2, 0.25) is 0 Å². The minimum Gasteiger partial charge on any atom is -0.496 e. The number of rotatable bonds is 7. The minimum absolute atomic E-state index is 0.00212. The van der Waals surface area contributed by atoms with Crippen molar-refractivity contribution in [2.24, 2.45) is 0 Å². The smallest absolute Gasteiger partial charge is 0.264 e. The lowest BCUT2D eigenvalue weighted by molar-refractivity contribution is -0.114. The first-order valence-corrected chi connectivity index (χ1v) is 13.8. The van der Waals surface area contributed by atoms with Gasteiger partial charge in [0.25, 0.3) is 16.0 Å². The predicted molar refractivity (Wildman–Crippen MR) is 148 cm³/mol. The fourth-order valence-corrected chi connectivity index (χ4v) is 5.27. The Morgan fingerprint density at radius 3 is 2.45 bits per heavy atom. The Kier molecular flexibility index (Phi) is 6.91. The van der Waals surface area contributed by atoms with E-state index in [9.17, 15) is 13.2 Å². The average Bonchev–Trinajstić information content (AvgIpc) is 3.30. The van der Waals surface area contributed by atoms with Crippen LogP contribution in [0.3, 0.4) is 0 Å². The predicted octanol–water partition coefficient (Wildman–Crippen LogP) is 4.86. The fourth-order valence-electron chi connectivity index (χ4n) is 4.07. The number of benzene rings is 3. The summed E-state index contributed by atoms with van der Waals surface area (Å²) in [7, 11) is -2.40. The number of carbonyl (C=O) groups excluding carboxylic acids is 1. The number of hydrogen-bond donors (Lipinski definition) is 3. The number of ether oxygens (including phenoxy) is 1. The molecule has 0 bridgehead atoms. The number of fused-ring (bicyclic) bond motifs is 1. The van der Waals surface area contributed by atoms with Gasteiger partial charge in [0.05, 0.1) is 12.0 Å². The number of amides is 1. The molecule has 3 N–H and O–H groups in total. The van der Waals surface area contributed by atoms with E-state index < -0.39 is 16.1 Å². The molecule has 0 aliphatic carbocycles. The highest BCUT2D eigenvalue weighted by Crippen LogP contribution is 2.37. The van der Waals surface area contributed by atoms with Gasteiger partial charge in [-0.05, 0) is 54.1 Å². The topological polar surface area (TPSA) is 127 Å². The van der Waals surface area contributed by atoms with Crippen molar-refractivity contribution >= 4 is 55.1 Å². The number of para-hydroxylation sites is 1. The van der Waals surface area contributed by atoms with Crippen molar-refractivity contribution in [2.45, 2.75) is 17.9 Å². The van der Waals surface area contributed by atoms with Crippen LogP contribution in [0.15, 0.2) is 88.2 Å². The molecule has 3 aromatic carbocycles. The first kappa shape index (κ1) is 25.5. The van der Waals surface area contributed by atoms with Gasteiger partial charge in [-0.25, -0.2) is 17.8 Å². The third-order valence-electron chi connectivity index (χ3n) is 5.79. The maximum atomic E-state index is 13.1. The Morgan fingerprint density at radius 2 is 1.76 bits per heavy atom. The van der Waals surface area contributed by atoms with Crippen LogP contribution in [0, 0.1) is 0 Å². The number of anilines is 3. The second-order valence-corrected chi connectivity index (χ2v) is 11.0. The van der Waals surface area contributed by atoms with Gasteiger partial charge in [-0.3, -0.25) is 4.79 Å². The summed E-state index contributed by atoms with van der Waals surface area (Å²) in [6, 6.07) is 20.7. The lowest BCUT2D eigenvalue weighted by Crippen LogP contribution is -2.21. The maximum absolute atomic E-state index is 13.1. The van der Waals surface area contributed by atoms with E-state index in [0.29, 0.717) is 17.4 Å². The van der Waals surface area contributed by atoms with E-state index in [1.165, 1.54) is 31.2 Å². The lowest BCUT2D eigenvalue weighted by atomic mass is 10.0. The molecule has 0 fully saturated rings. The van der Waals surface area contributed by atoms with Crippen LogP contribution in [0.25, 0.3) is 5.70 Å². The van der Waals surface area contributed by atoms with Crippen LogP contribution in [0.1, 0.15) is 24.1 Å². The number of hydrogen-bond acceptors (Lipinski definition) is 7. The van der Waals surface area contributed by atoms with Gasteiger partial charge in [-0.1, -0.05) is 46.3 Å². The summed E-state index contributed by atoms with van der Waals surface area (Å²) < 4.78 is 36.8. The molecule has 1 aromatic heterocycles. The molecular weight excluding hydrogens is 572 g/mol. The molecule has 0 saturated heterocycles. The van der Waals surface area contributed by atoms with E-state index in [2.05, 4.69) is 41.4 Å². The van der Waals surface area contributed by atoms with Gasteiger partial charge in [0.2, 0.25) is 11.9 Å². The molecule has 2 heterocycles. The van der Waals surface area contributed by atoms with Crippen LogP contribution in [-0.4, -0.2) is 36.2 Å². The summed E-state index contributed by atoms with van der Waals surface area (Å²) >= 11 is 3.46. The Morgan fingerprint density at radius 1 is 1.05 bits per heavy atom. The Bertz CT molecular complexity index is 1630. The molecule has 10 nitrogen and oxygen atoms in total. The van der Waals surface area contributed by atoms with Crippen molar-refractivity contribution in [3.8, 4) is 5.75 Å². The fraction of sp³-hybridized carbons (Fsp3) is 0.115. The molecule has 1 aliphatic rings. The molecule has 1 aliphatic heterocycles. The first-order valence-electron chi connectivity index (χ1n) is 11.5. The number of aromatic nitrogens is 3. The lowest BCUT2D eigenvalue weighted by Gasteiger charge is -2.25. The number of allylic oxidation sites excluding steroid dienone is 1. The Hall–Kier alpha value is -4.16. The molecule has 38 heavy (non-hydrogen) atoms. The van der Waals surface area contributed by atoms with E-state index in [1.807, 2.05) is 54.6 Å². The Labute approximate surface area is 227 Å². The van der Waals surface area contributed by atoms with Crippen molar-refractivity contribution in [3.63, 3.8) is 0 Å². The monoisotopic (exact) mass is 594 g/mol. The molecule has 12 heteroatoms. The third-order valence-corrected chi connectivity index (χ3v) is 7.66. The number of nitrogens with zero attached hydrogens (tertiary/aromatic N) is 3. The number of halogens is 1. The van der Waals surface area contributed by atoms with E-state index in [0.717, 1.165) is 21.3 Å². The largest absolute Gasteiger partial charge is 0.496 e. The summed E-state index contributed by atoms with van der Waals surface area (Å²) in [6.45, 7) is 1.38. The first-order chi connectivity index (χ1) is 18.2. The standard InChI is InChI=1S/C26H23BrN6O4S/c1-16(34)28-19-11-13-20(14-12-19)38(35,36)32-25-30-26-29-22(17-7-9-18(27)10-8-17)15-23(33(26)31-25)21-5-3-4-6-24(21)37-2/h3-15,23H,1-2H3,(H,28,34)(H2,29,30,31,32)/t23-/m0/s1. The van der Waals surface area contributed by atoms with Crippen LogP contribution in [0.5, 0.6) is 5.75 Å². The van der Waals surface area contributed by atoms with Crippen molar-refractivity contribution in [1.29, 1.82) is 0 Å². The molecule has 194 valence electrons. The van der Waals surface area contributed by atoms with E-state index in [-0.39, 0.29) is 16.8 Å². The SMILES string of the molecule is COc1ccccc1[C@@H]1C=C(c2ccc(Br)cc2)Nc2nc(NS(=O)(=O)c3ccc(NC(C)=O)cc3)nn21. The van der Waals surface area contributed by atoms with Gasteiger partial charge in [0.1, 0.15) is 11.8 Å². The van der Waals surface area contributed by atoms with E-state index >= 15 is 0 Å². The highest BCUT2D eigenvalue weighted by molar-refractivity contribution is 9.10. The normalized spacial score (nSPS) is 14.6. The van der Waals surface area contributed by atoms with Crippen molar-refractivity contribution in [2.75, 3.05) is 22.5 Å². The van der Waals surface area contributed by atoms with Crippen LogP contribution in [-0.2, 0) is 14.8 Å². The number of nitrogens with one attached hydrogen (secondary N) is 3. The van der Waals surface area contributed by atoms with E-state index in [4.69, 9.17) is 4.74 Å². The van der Waals surface area contributed by atoms with Gasteiger partial charge in [0.15, 0.2) is 0 Å². The van der Waals surface area contributed by atoms with Gasteiger partial charge in [-0.15, -0.1) is 5.10 Å². The van der Waals surface area contributed by atoms with Gasteiger partial charge >= 0.3 is 0 Å². The summed E-state index contributed by atoms with van der Waals surface area (Å²) in [5, 5.41) is 10.4. The molecule has 4 aromatic rings. The number of methoxy groups -OCH3 is 1. The maximum Gasteiger partial charge on any atom is 0.264 e. The van der Waals surface area contributed by atoms with Gasteiger partial charge in [0, 0.05) is 28.3 Å². The number of carbonyl (C=O) groups is 1. The summed E-state index contributed by atoms with van der Waals surface area (Å²) in [4.78, 5) is 15.7. The highest BCUT2D eigenvalue weighted by atomic mass is 79.9. The second kappa shape index (κ2) is 10.3. The summed E-state index contributed by atoms with van der Waals surface area (Å²) in [5.41, 5.74) is 3.03. The second-order valence-electron chi connectivity index (χ2n) is 8.41. The zero-order chi connectivity index (χ0) is 26.9. The molecular formula is C26H23BrN6O4S. The molecule has 0 unspecified atom stereocenters. The molecule has 0 saturated carbocycles. The molecule has 0 spiro atoms. The van der Waals surface area contributed by atoms with Crippen molar-refractivity contribution in [1.82, 2.24) is 14.8 Å².